The molecule has 5 N–H and O–H groups in total. The number of nitrogens with two attached hydrogens (primary N) is 1. The molecule has 8 heteroatoms. The number of hydrogen-bond acceptors (Lipinski definition) is 5. The van der Waals surface area contributed by atoms with Crippen LogP contribution in [0, 0.1) is 4.77 Å². The van der Waals surface area contributed by atoms with Gasteiger partial charge in [0.05, 0.1) is 0 Å². The monoisotopic (exact) mass is 226 g/mol. The number of aromatic nitrogens is 4. The first-order chi connectivity index (χ1) is 7.22. The first kappa shape index (κ1) is 10.0. The highest BCUT2D eigenvalue weighted by molar-refractivity contribution is 7.71. The predicted molar refractivity (Wildman–Crippen MR) is 56.9 cm³/mol. The molecule has 0 amide bonds. The number of hydrogen-bond donors (Lipinski definition) is 4. The van der Waals surface area contributed by atoms with Crippen molar-refractivity contribution in [3.8, 4) is 0 Å². The van der Waals surface area contributed by atoms with Gasteiger partial charge in [0.25, 0.3) is 0 Å². The second-order valence-electron chi connectivity index (χ2n) is 2.94. The zero-order chi connectivity index (χ0) is 10.8. The molecule has 0 fully saturated rings. The zero-order valence-electron chi connectivity index (χ0n) is 7.78. The summed E-state index contributed by atoms with van der Waals surface area (Å²) >= 11 is 4.83. The highest BCUT2D eigenvalue weighted by Gasteiger charge is 2.05. The van der Waals surface area contributed by atoms with Crippen molar-refractivity contribution >= 4 is 17.9 Å². The fraction of sp³-hybridized carbons (Fsp3) is 0.286. The van der Waals surface area contributed by atoms with Crippen LogP contribution >= 0.6 is 12.2 Å². The number of H-pyrrole nitrogens is 2. The van der Waals surface area contributed by atoms with Gasteiger partial charge in [0.2, 0.25) is 4.77 Å². The van der Waals surface area contributed by atoms with E-state index in [1.165, 1.54) is 4.52 Å². The van der Waals surface area contributed by atoms with E-state index in [2.05, 4.69) is 20.4 Å². The molecule has 0 aliphatic carbocycles. The molecule has 2 aromatic rings. The Kier molecular flexibility index (Phi) is 2.62. The van der Waals surface area contributed by atoms with Crippen LogP contribution in [0.25, 0.3) is 5.65 Å². The van der Waals surface area contributed by atoms with Gasteiger partial charge in [-0.2, -0.15) is 9.50 Å². The first-order valence-corrected chi connectivity index (χ1v) is 4.73. The van der Waals surface area contributed by atoms with Gasteiger partial charge in [-0.15, -0.1) is 0 Å². The molecular weight excluding hydrogens is 216 g/mol. The minimum Gasteiger partial charge on any atom is -0.318 e. The molecule has 0 aliphatic heterocycles. The van der Waals surface area contributed by atoms with Gasteiger partial charge in [-0.1, -0.05) is 0 Å². The third-order valence-corrected chi connectivity index (χ3v) is 2.14. The fourth-order valence-electron chi connectivity index (χ4n) is 1.30. The Morgan fingerprint density at radius 2 is 2.47 bits per heavy atom. The second kappa shape index (κ2) is 3.93. The number of aromatic amines is 2. The summed E-state index contributed by atoms with van der Waals surface area (Å²) in [5.74, 6) is 0. The summed E-state index contributed by atoms with van der Waals surface area (Å²) in [6.07, 6.45) is 1.69. The van der Waals surface area contributed by atoms with Gasteiger partial charge >= 0.3 is 5.69 Å². The normalized spacial score (nSPS) is 11.0. The average molecular weight is 226 g/mol. The van der Waals surface area contributed by atoms with E-state index in [1.54, 1.807) is 6.20 Å². The fourth-order valence-corrected chi connectivity index (χ4v) is 1.47. The van der Waals surface area contributed by atoms with Crippen LogP contribution in [-0.2, 0) is 6.54 Å². The maximum atomic E-state index is 11.4. The van der Waals surface area contributed by atoms with Gasteiger partial charge in [-0.25, -0.2) is 4.79 Å². The molecule has 0 saturated heterocycles. The van der Waals surface area contributed by atoms with Crippen molar-refractivity contribution in [1.82, 2.24) is 24.9 Å². The third-order valence-electron chi connectivity index (χ3n) is 1.95. The smallest absolute Gasteiger partial charge is 0.318 e. The van der Waals surface area contributed by atoms with Crippen LogP contribution in [-0.4, -0.2) is 26.3 Å². The van der Waals surface area contributed by atoms with Gasteiger partial charge in [0, 0.05) is 25.0 Å². The van der Waals surface area contributed by atoms with Crippen molar-refractivity contribution < 1.29 is 0 Å². The van der Waals surface area contributed by atoms with Crippen LogP contribution in [0.4, 0.5) is 0 Å². The molecule has 2 aromatic heterocycles. The summed E-state index contributed by atoms with van der Waals surface area (Å²) in [6.45, 7) is 0.899. The standard InChI is InChI=1S/C7H10N6OS/c8-3-9-1-4-2-10-13-5(4)11-6(15)12-7(13)14/h2,9-10H,1,3,8H2,(H,12,14,15). The quantitative estimate of drug-likeness (QED) is 0.400. The van der Waals surface area contributed by atoms with Crippen LogP contribution in [0.1, 0.15) is 5.56 Å². The highest BCUT2D eigenvalue weighted by Crippen LogP contribution is 2.03. The summed E-state index contributed by atoms with van der Waals surface area (Å²) in [6, 6.07) is 0. The average Bonchev–Trinajstić information content (AvgIpc) is 2.58. The minimum absolute atomic E-state index is 0.175. The van der Waals surface area contributed by atoms with Crippen molar-refractivity contribution in [2.24, 2.45) is 5.73 Å². The van der Waals surface area contributed by atoms with E-state index in [4.69, 9.17) is 18.0 Å². The third kappa shape index (κ3) is 1.82. The lowest BCUT2D eigenvalue weighted by molar-refractivity contribution is 0.711. The van der Waals surface area contributed by atoms with Crippen LogP contribution in [0.5, 0.6) is 0 Å². The number of fused-ring (bicyclic) bond motifs is 1. The molecule has 0 aliphatic rings. The Balaban J connectivity index is 2.58. The van der Waals surface area contributed by atoms with Gasteiger partial charge in [0.15, 0.2) is 5.65 Å². The molecule has 0 bridgehead atoms. The van der Waals surface area contributed by atoms with Crippen molar-refractivity contribution in [1.29, 1.82) is 0 Å². The van der Waals surface area contributed by atoms with Crippen LogP contribution in [0.15, 0.2) is 11.0 Å². The van der Waals surface area contributed by atoms with Crippen molar-refractivity contribution in [3.63, 3.8) is 0 Å². The van der Waals surface area contributed by atoms with Crippen LogP contribution in [0.3, 0.4) is 0 Å². The number of rotatable bonds is 3. The lowest BCUT2D eigenvalue weighted by Gasteiger charge is -1.98. The Labute approximate surface area is 89.3 Å². The van der Waals surface area contributed by atoms with Crippen LogP contribution < -0.4 is 16.7 Å². The maximum absolute atomic E-state index is 11.4. The minimum atomic E-state index is -0.330. The summed E-state index contributed by atoms with van der Waals surface area (Å²) in [5.41, 5.74) is 6.35. The first-order valence-electron chi connectivity index (χ1n) is 4.32. The van der Waals surface area contributed by atoms with E-state index >= 15 is 0 Å². The van der Waals surface area contributed by atoms with E-state index < -0.39 is 0 Å². The SMILES string of the molecule is NCNCc1c[nH]n2c(=O)[nH]c(=S)nc12. The molecule has 2 heterocycles. The largest absolute Gasteiger partial charge is 0.348 e. The molecule has 0 spiro atoms. The van der Waals surface area contributed by atoms with E-state index in [-0.39, 0.29) is 10.5 Å². The molecule has 0 saturated carbocycles. The van der Waals surface area contributed by atoms with Gasteiger partial charge in [0.1, 0.15) is 0 Å². The zero-order valence-corrected chi connectivity index (χ0v) is 8.60. The van der Waals surface area contributed by atoms with Gasteiger partial charge in [-0.05, 0) is 12.2 Å². The highest BCUT2D eigenvalue weighted by atomic mass is 32.1. The van der Waals surface area contributed by atoms with Crippen LogP contribution in [0.2, 0.25) is 0 Å². The summed E-state index contributed by atoms with van der Waals surface area (Å²) in [7, 11) is 0. The summed E-state index contributed by atoms with van der Waals surface area (Å²) in [5, 5.41) is 5.72. The van der Waals surface area contributed by atoms with E-state index in [0.29, 0.717) is 18.9 Å². The predicted octanol–water partition coefficient (Wildman–Crippen LogP) is -0.914. The Hall–Kier alpha value is -1.51. The molecular formula is C7H10N6OS. The Morgan fingerprint density at radius 1 is 1.67 bits per heavy atom. The number of nitrogens with zero attached hydrogens (tertiary/aromatic N) is 2. The molecule has 2 rings (SSSR count). The summed E-state index contributed by atoms with van der Waals surface area (Å²) in [4.78, 5) is 17.9. The van der Waals surface area contributed by atoms with Crippen molar-refractivity contribution in [2.75, 3.05) is 6.67 Å². The molecule has 0 radical (unpaired) electrons. The van der Waals surface area contributed by atoms with Crippen molar-refractivity contribution in [2.45, 2.75) is 6.54 Å². The topological polar surface area (TPSA) is 104 Å². The maximum Gasteiger partial charge on any atom is 0.348 e. The lowest BCUT2D eigenvalue weighted by Crippen LogP contribution is -2.22. The molecule has 0 aromatic carbocycles. The van der Waals surface area contributed by atoms with E-state index in [0.717, 1.165) is 5.56 Å². The number of nitrogens with one attached hydrogen (secondary N) is 3. The Bertz CT molecular complexity index is 581. The molecule has 7 nitrogen and oxygen atoms in total. The molecule has 0 atom stereocenters. The molecule has 80 valence electrons. The second-order valence-corrected chi connectivity index (χ2v) is 3.32. The van der Waals surface area contributed by atoms with E-state index in [9.17, 15) is 4.79 Å². The van der Waals surface area contributed by atoms with Gasteiger partial charge < -0.3 is 11.1 Å². The summed E-state index contributed by atoms with van der Waals surface area (Å²) < 4.78 is 1.47. The molecule has 15 heavy (non-hydrogen) atoms. The molecule has 0 unspecified atom stereocenters. The lowest BCUT2D eigenvalue weighted by atomic mass is 10.3. The van der Waals surface area contributed by atoms with Gasteiger partial charge in [-0.3, -0.25) is 10.1 Å². The van der Waals surface area contributed by atoms with E-state index in [1.807, 2.05) is 0 Å². The Morgan fingerprint density at radius 3 is 3.20 bits per heavy atom. The van der Waals surface area contributed by atoms with Crippen molar-refractivity contribution in [3.05, 3.63) is 27.0 Å².